The zero-order valence-corrected chi connectivity index (χ0v) is 16.2. The number of nitrogens with one attached hydrogen (secondary N) is 1. The van der Waals surface area contributed by atoms with Crippen molar-refractivity contribution in [1.82, 2.24) is 9.97 Å². The van der Waals surface area contributed by atoms with Crippen LogP contribution < -0.4 is 11.5 Å². The molecule has 0 aromatic carbocycles. The van der Waals surface area contributed by atoms with Crippen LogP contribution in [0.2, 0.25) is 0 Å². The van der Waals surface area contributed by atoms with Crippen LogP contribution in [0.5, 0.6) is 0 Å². The van der Waals surface area contributed by atoms with Gasteiger partial charge in [-0.25, -0.2) is 4.98 Å². The average Bonchev–Trinajstić information content (AvgIpc) is 3.13. The summed E-state index contributed by atoms with van der Waals surface area (Å²) in [5, 5.41) is 10.8. The summed E-state index contributed by atoms with van der Waals surface area (Å²) in [6.45, 7) is 4.24. The highest BCUT2D eigenvalue weighted by Crippen LogP contribution is 2.31. The number of hydrogen-bond donors (Lipinski definition) is 4. The van der Waals surface area contributed by atoms with E-state index in [1.165, 1.54) is 6.42 Å². The zero-order valence-electron chi connectivity index (χ0n) is 16.2. The van der Waals surface area contributed by atoms with E-state index >= 15 is 0 Å². The van der Waals surface area contributed by atoms with Crippen LogP contribution in [0.4, 0.5) is 0 Å². The molecule has 6 heteroatoms. The first kappa shape index (κ1) is 21.1. The smallest absolute Gasteiger partial charge is 0.157 e. The Labute approximate surface area is 157 Å². The van der Waals surface area contributed by atoms with Gasteiger partial charge in [0.15, 0.2) is 5.78 Å². The fourth-order valence-corrected chi connectivity index (χ4v) is 4.11. The van der Waals surface area contributed by atoms with Crippen LogP contribution in [-0.2, 0) is 11.2 Å². The first-order valence-electron chi connectivity index (χ1n) is 10.1. The van der Waals surface area contributed by atoms with Gasteiger partial charge in [0.2, 0.25) is 0 Å². The lowest BCUT2D eigenvalue weighted by molar-refractivity contribution is -0.129. The topological polar surface area (TPSA) is 118 Å². The third-order valence-electron chi connectivity index (χ3n) is 5.74. The van der Waals surface area contributed by atoms with E-state index in [1.807, 2.05) is 0 Å². The number of carbonyl (C=O) groups is 1. The summed E-state index contributed by atoms with van der Waals surface area (Å²) in [5.41, 5.74) is 13.5. The van der Waals surface area contributed by atoms with E-state index in [4.69, 9.17) is 11.5 Å². The summed E-state index contributed by atoms with van der Waals surface area (Å²) in [7, 11) is 0. The monoisotopic (exact) mass is 364 g/mol. The van der Waals surface area contributed by atoms with Gasteiger partial charge in [0, 0.05) is 18.7 Å². The number of rotatable bonds is 10. The van der Waals surface area contributed by atoms with Gasteiger partial charge in [-0.2, -0.15) is 0 Å². The van der Waals surface area contributed by atoms with Crippen LogP contribution in [0.3, 0.4) is 0 Å². The first-order valence-corrected chi connectivity index (χ1v) is 10.1. The van der Waals surface area contributed by atoms with Crippen molar-refractivity contribution in [3.8, 4) is 0 Å². The summed E-state index contributed by atoms with van der Waals surface area (Å²) < 4.78 is 0. The zero-order chi connectivity index (χ0) is 19.1. The van der Waals surface area contributed by atoms with Crippen molar-refractivity contribution in [3.63, 3.8) is 0 Å². The van der Waals surface area contributed by atoms with E-state index in [0.717, 1.165) is 37.8 Å². The van der Waals surface area contributed by atoms with Crippen LogP contribution in [0.15, 0.2) is 12.5 Å². The first-order chi connectivity index (χ1) is 12.4. The minimum atomic E-state index is -0.730. The molecule has 1 heterocycles. The number of aromatic nitrogens is 2. The van der Waals surface area contributed by atoms with Crippen molar-refractivity contribution in [2.24, 2.45) is 29.2 Å². The van der Waals surface area contributed by atoms with Crippen molar-refractivity contribution < 1.29 is 9.90 Å². The lowest BCUT2D eigenvalue weighted by Gasteiger charge is -2.36. The van der Waals surface area contributed by atoms with Gasteiger partial charge in [0.05, 0.1) is 30.1 Å². The molecular formula is C20H36N4O2. The van der Waals surface area contributed by atoms with Crippen molar-refractivity contribution in [2.45, 2.75) is 83.4 Å². The van der Waals surface area contributed by atoms with Crippen LogP contribution in [0.25, 0.3) is 0 Å². The molecule has 148 valence electrons. The number of aliphatic hydroxyl groups excluding tert-OH is 1. The summed E-state index contributed by atoms with van der Waals surface area (Å²) in [6, 6.07) is -1.01. The molecule has 0 spiro atoms. The third-order valence-corrected chi connectivity index (χ3v) is 5.74. The largest absolute Gasteiger partial charge is 0.392 e. The molecule has 0 amide bonds. The van der Waals surface area contributed by atoms with Gasteiger partial charge in [-0.05, 0) is 37.5 Å². The van der Waals surface area contributed by atoms with Gasteiger partial charge < -0.3 is 21.6 Å². The normalized spacial score (nSPS) is 20.7. The van der Waals surface area contributed by atoms with Gasteiger partial charge in [-0.1, -0.05) is 33.1 Å². The molecule has 1 aliphatic carbocycles. The number of ketones is 1. The number of aliphatic hydroxyl groups is 1. The maximum absolute atomic E-state index is 13.1. The number of imidazole rings is 1. The molecule has 0 saturated heterocycles. The number of nitrogens with two attached hydrogens (primary N) is 2. The summed E-state index contributed by atoms with van der Waals surface area (Å²) in [5.74, 6) is 0.0566. The van der Waals surface area contributed by atoms with E-state index in [2.05, 4.69) is 23.8 Å². The molecule has 26 heavy (non-hydrogen) atoms. The number of hydrogen-bond acceptors (Lipinski definition) is 5. The van der Waals surface area contributed by atoms with Gasteiger partial charge >= 0.3 is 0 Å². The Morgan fingerprint density at radius 1 is 1.27 bits per heavy atom. The number of aromatic amines is 1. The molecule has 0 radical (unpaired) electrons. The van der Waals surface area contributed by atoms with Crippen molar-refractivity contribution in [2.75, 3.05) is 0 Å². The Morgan fingerprint density at radius 2 is 1.96 bits per heavy atom. The molecule has 1 aromatic rings. The Balaban J connectivity index is 2.10. The van der Waals surface area contributed by atoms with Crippen molar-refractivity contribution >= 4 is 5.78 Å². The van der Waals surface area contributed by atoms with Gasteiger partial charge in [0.1, 0.15) is 0 Å². The van der Waals surface area contributed by atoms with Crippen LogP contribution in [-0.4, -0.2) is 39.0 Å². The van der Waals surface area contributed by atoms with E-state index in [1.54, 1.807) is 12.5 Å². The minimum absolute atomic E-state index is 0.123. The van der Waals surface area contributed by atoms with E-state index in [9.17, 15) is 9.90 Å². The predicted molar refractivity (Wildman–Crippen MR) is 103 cm³/mol. The van der Waals surface area contributed by atoms with Gasteiger partial charge in [-0.15, -0.1) is 0 Å². The fraction of sp³-hybridized carbons (Fsp3) is 0.800. The summed E-state index contributed by atoms with van der Waals surface area (Å²) >= 11 is 0. The second kappa shape index (κ2) is 10.2. The fourth-order valence-electron chi connectivity index (χ4n) is 4.11. The van der Waals surface area contributed by atoms with E-state index in [0.29, 0.717) is 24.7 Å². The third kappa shape index (κ3) is 5.89. The second-order valence-electron chi connectivity index (χ2n) is 8.31. The van der Waals surface area contributed by atoms with E-state index in [-0.39, 0.29) is 11.8 Å². The molecule has 0 bridgehead atoms. The molecule has 6 N–H and O–H groups in total. The summed E-state index contributed by atoms with van der Waals surface area (Å²) in [6.07, 6.45) is 10.0. The molecule has 1 aliphatic rings. The number of nitrogens with zero attached hydrogens (tertiary/aromatic N) is 1. The predicted octanol–water partition coefficient (Wildman–Crippen LogP) is 2.17. The molecule has 4 atom stereocenters. The molecule has 0 aliphatic heterocycles. The Kier molecular flexibility index (Phi) is 8.25. The molecule has 6 nitrogen and oxygen atoms in total. The average molecular weight is 365 g/mol. The highest BCUT2D eigenvalue weighted by molar-refractivity contribution is 5.87. The maximum Gasteiger partial charge on any atom is 0.157 e. The lowest BCUT2D eigenvalue weighted by Crippen LogP contribution is -2.53. The van der Waals surface area contributed by atoms with Crippen molar-refractivity contribution in [1.29, 1.82) is 0 Å². The van der Waals surface area contributed by atoms with Gasteiger partial charge in [-0.3, -0.25) is 4.79 Å². The molecule has 1 aromatic heterocycles. The molecule has 1 saturated carbocycles. The summed E-state index contributed by atoms with van der Waals surface area (Å²) in [4.78, 5) is 20.2. The second-order valence-corrected chi connectivity index (χ2v) is 8.31. The van der Waals surface area contributed by atoms with Gasteiger partial charge in [0.25, 0.3) is 0 Å². The van der Waals surface area contributed by atoms with E-state index < -0.39 is 18.1 Å². The van der Waals surface area contributed by atoms with Crippen LogP contribution in [0.1, 0.15) is 64.5 Å². The number of H-pyrrole nitrogens is 1. The SMILES string of the molecule is CC(C)CC[C@H](O)[C@@H](C(=O)[C@@H](N)Cc1c[nH]cn1)C(N)C1CCCCC1. The lowest BCUT2D eigenvalue weighted by atomic mass is 9.73. The maximum atomic E-state index is 13.1. The quantitative estimate of drug-likeness (QED) is 0.507. The molecule has 1 unspecified atom stereocenters. The number of carbonyl (C=O) groups excluding carboxylic acids is 1. The highest BCUT2D eigenvalue weighted by Gasteiger charge is 2.39. The Morgan fingerprint density at radius 3 is 2.54 bits per heavy atom. The Hall–Kier alpha value is -1.24. The molecule has 2 rings (SSSR count). The molecular weight excluding hydrogens is 328 g/mol. The van der Waals surface area contributed by atoms with Crippen LogP contribution in [0, 0.1) is 17.8 Å². The van der Waals surface area contributed by atoms with Crippen LogP contribution >= 0.6 is 0 Å². The molecule has 1 fully saturated rings. The highest BCUT2D eigenvalue weighted by atomic mass is 16.3. The Bertz CT molecular complexity index is 526. The standard InChI is InChI=1S/C20H36N4O2/c1-13(2)8-9-17(25)18(19(22)14-6-4-3-5-7-14)20(26)16(21)10-15-11-23-12-24-15/h11-14,16-19,25H,3-10,21-22H2,1-2H3,(H,23,24)/t16-,17-,18+,19?/m0/s1. The minimum Gasteiger partial charge on any atom is -0.392 e. The van der Waals surface area contributed by atoms with Crippen molar-refractivity contribution in [3.05, 3.63) is 18.2 Å². The number of Topliss-reactive ketones (excluding diaryl/α,β-unsaturated/α-hetero) is 1.